The van der Waals surface area contributed by atoms with E-state index in [1.165, 1.54) is 0 Å². The molecule has 8 atom stereocenters. The number of rotatable bonds is 11. The van der Waals surface area contributed by atoms with Gasteiger partial charge in [0.1, 0.15) is 0 Å². The second-order valence-electron chi connectivity index (χ2n) is 4.31. The molecule has 0 aromatic carbocycles. The van der Waals surface area contributed by atoms with E-state index in [-0.39, 0.29) is 4.99 Å². The Morgan fingerprint density at radius 3 is 1.67 bits per heavy atom. The third kappa shape index (κ3) is 10.6. The maximum Gasteiger partial charge on any atom is 0.0588 e. The molecule has 0 saturated carbocycles. The molecule has 0 spiro atoms. The van der Waals surface area contributed by atoms with Crippen LogP contribution in [0, 0.1) is 0 Å². The van der Waals surface area contributed by atoms with E-state index in [1.54, 1.807) is 34.1 Å². The molecule has 128 valence electrons. The summed E-state index contributed by atoms with van der Waals surface area (Å²) in [6, 6.07) is 0. The topological polar surface area (TPSA) is 26.0 Å². The number of hydrogen-bond donors (Lipinski definition) is 1. The van der Waals surface area contributed by atoms with Crippen LogP contribution >= 0.6 is 76.0 Å². The molecule has 9 heteroatoms. The third-order valence-corrected chi connectivity index (χ3v) is 22.5. The first-order chi connectivity index (χ1) is 11.1. The molecule has 21 heavy (non-hydrogen) atoms. The molecular weight excluding hydrogens is 410 g/mol. The highest BCUT2D eigenvalue weighted by Crippen LogP contribution is 2.70. The smallest absolute Gasteiger partial charge is 0.0588 e. The van der Waals surface area contributed by atoms with E-state index in [2.05, 4.69) is 20.3 Å². The van der Waals surface area contributed by atoms with Crippen LogP contribution in [-0.2, 0) is 0 Å². The fraction of sp³-hybridized carbons (Fsp3) is 1.00. The van der Waals surface area contributed by atoms with Crippen LogP contribution in [0.3, 0.4) is 0 Å². The van der Waals surface area contributed by atoms with Gasteiger partial charge in [0.25, 0.3) is 0 Å². The van der Waals surface area contributed by atoms with Gasteiger partial charge in [0.05, 0.1) is 1.28 Å². The fourth-order valence-electron chi connectivity index (χ4n) is 1.06. The Kier molecular flexibility index (Phi) is 11.1. The highest BCUT2D eigenvalue weighted by Gasteiger charge is 2.24. The minimum absolute atomic E-state index is 0.283. The Morgan fingerprint density at radius 1 is 0.905 bits per heavy atom. The van der Waals surface area contributed by atoms with Gasteiger partial charge in [-0.15, -0.1) is 42.7 Å². The van der Waals surface area contributed by atoms with Crippen LogP contribution in [0.5, 0.6) is 0 Å². The third-order valence-electron chi connectivity index (χ3n) is 2.71. The van der Waals surface area contributed by atoms with Crippen LogP contribution in [0.25, 0.3) is 0 Å². The molecule has 0 fully saturated rings. The largest absolute Gasteiger partial charge is 0.277 e. The van der Waals surface area contributed by atoms with Gasteiger partial charge < -0.3 is 0 Å². The Hall–Kier alpha value is 3.08. The molecule has 0 saturated heterocycles. The molecule has 0 amide bonds. The summed E-state index contributed by atoms with van der Waals surface area (Å²) in [6.45, 7) is 16.0. The van der Waals surface area contributed by atoms with Crippen molar-refractivity contribution in [3.63, 3.8) is 0 Å². The first kappa shape index (κ1) is 17.5. The van der Waals surface area contributed by atoms with E-state index in [0.717, 1.165) is 11.9 Å². The second kappa shape index (κ2) is 13.3. The van der Waals surface area contributed by atoms with E-state index < -0.39 is 44.8 Å². The van der Waals surface area contributed by atoms with Crippen LogP contribution in [0.1, 0.15) is 31.8 Å². The maximum absolute atomic E-state index is 8.80. The van der Waals surface area contributed by atoms with Crippen molar-refractivity contribution < 1.29 is 4.11 Å². The monoisotopic (exact) mass is 449 g/mol. The summed E-state index contributed by atoms with van der Waals surface area (Å²) >= 11 is 6.01. The number of hydrogen-bond acceptors (Lipinski definition) is 5. The predicted molar refractivity (Wildman–Crippen MR) is 125 cm³/mol. The minimum atomic E-state index is -0.771. The summed E-state index contributed by atoms with van der Waals surface area (Å²) in [7, 11) is -2.89. The van der Waals surface area contributed by atoms with E-state index in [9.17, 15) is 0 Å². The first-order valence-corrected chi connectivity index (χ1v) is 18.4. The van der Waals surface area contributed by atoms with E-state index in [4.69, 9.17) is 10.5 Å². The van der Waals surface area contributed by atoms with Crippen LogP contribution in [0.4, 0.5) is 0 Å². The number of nitrogens with two attached hydrogens (primary N) is 1. The molecule has 2 N–H and O–H groups in total. The van der Waals surface area contributed by atoms with E-state index in [0.29, 0.717) is 0 Å². The Labute approximate surface area is 160 Å². The van der Waals surface area contributed by atoms with Crippen LogP contribution in [0.2, 0.25) is 0 Å². The Morgan fingerprint density at radius 2 is 1.29 bits per heavy atom. The predicted octanol–water partition coefficient (Wildman–Crippen LogP) is 7.57. The average Bonchev–Trinajstić information content (AvgIpc) is 2.45. The van der Waals surface area contributed by atoms with Crippen LogP contribution in [0.15, 0.2) is 0 Å². The average molecular weight is 450 g/mol. The Bertz CT molecular complexity index is 421. The lowest BCUT2D eigenvalue weighted by Gasteiger charge is -2.29. The van der Waals surface area contributed by atoms with Crippen molar-refractivity contribution in [2.45, 2.75) is 47.6 Å². The lowest BCUT2D eigenvalue weighted by Crippen LogP contribution is -2.00. The van der Waals surface area contributed by atoms with E-state index in [1.807, 2.05) is 34.1 Å². The minimum Gasteiger partial charge on any atom is -0.277 e. The van der Waals surface area contributed by atoms with Gasteiger partial charge in [0, 0.05) is 24.0 Å². The highest BCUT2D eigenvalue weighted by molar-refractivity contribution is 8.68. The van der Waals surface area contributed by atoms with Gasteiger partial charge in [-0.2, -0.15) is 0 Å². The van der Waals surface area contributed by atoms with Gasteiger partial charge in [-0.05, 0) is 75.7 Å². The molecule has 0 heterocycles. The van der Waals surface area contributed by atoms with Crippen molar-refractivity contribution in [3.05, 3.63) is 0 Å². The molecule has 8 unspecified atom stereocenters. The van der Waals surface area contributed by atoms with Crippen LogP contribution < -0.4 is 5.14 Å². The molecule has 0 radical (unpaired) electrons. The van der Waals surface area contributed by atoms with Crippen molar-refractivity contribution >= 4 is 76.0 Å². The normalized spacial score (nSPS) is 30.9. The summed E-state index contributed by atoms with van der Waals surface area (Å²) in [5.74, 6) is 0. The summed E-state index contributed by atoms with van der Waals surface area (Å²) < 4.78 is 33.8. The summed E-state index contributed by atoms with van der Waals surface area (Å²) in [5, 5.41) is 5.64. The zero-order valence-electron chi connectivity index (χ0n) is 18.1. The lowest BCUT2D eigenvalue weighted by atomic mass is 11.0. The second-order valence-corrected chi connectivity index (χ2v) is 21.9. The first-order valence-electron chi connectivity index (χ1n) is 8.37. The SMILES string of the molecule is [3H]P(C)C(C)SP(C)C([3H])(C)SP(C)C([3H])(C)SP(C)C([3H])(C)SN. The molecule has 1 nitrogen and oxygen atoms in total. The van der Waals surface area contributed by atoms with Gasteiger partial charge in [0.2, 0.25) is 0 Å². The molecule has 0 rings (SSSR count). The highest BCUT2D eigenvalue weighted by atomic mass is 32.8. The van der Waals surface area contributed by atoms with Gasteiger partial charge in [-0.1, -0.05) is 11.9 Å². The lowest BCUT2D eigenvalue weighted by molar-refractivity contribution is 1.39. The maximum atomic E-state index is 8.80. The molecule has 0 aliphatic heterocycles. The zero-order valence-corrected chi connectivity index (χ0v) is 20.9. The van der Waals surface area contributed by atoms with Crippen molar-refractivity contribution in [1.82, 2.24) is 0 Å². The van der Waals surface area contributed by atoms with Gasteiger partial charge in [-0.3, -0.25) is 5.14 Å². The van der Waals surface area contributed by atoms with E-state index >= 15 is 0 Å². The molecule has 0 aromatic heterocycles. The summed E-state index contributed by atoms with van der Waals surface area (Å²) in [4.78, 5) is -1.82. The molecule has 0 bridgehead atoms. The van der Waals surface area contributed by atoms with Crippen molar-refractivity contribution in [2.24, 2.45) is 5.14 Å². The van der Waals surface area contributed by atoms with Crippen molar-refractivity contribution in [1.29, 1.82) is 1.28 Å². The fourth-order valence-corrected chi connectivity index (χ4v) is 19.2. The summed E-state index contributed by atoms with van der Waals surface area (Å²) in [6.07, 6.45) is 0. The standard InChI is InChI=1S/C12H31NP4S4/c1-9(14-5)19-16(7)11(3)21-17(8)12(4)20-15(6)10(2)18-13/h9-12,14H,13H2,1-8H3/i10T,11T,12T,14T. The molecule has 0 aliphatic carbocycles. The van der Waals surface area contributed by atoms with Crippen LogP contribution in [-0.4, -0.2) is 47.8 Å². The summed E-state index contributed by atoms with van der Waals surface area (Å²) in [5.41, 5.74) is 0. The quantitative estimate of drug-likeness (QED) is 0.259. The molecule has 0 aromatic rings. The zero-order chi connectivity index (χ0) is 20.2. The van der Waals surface area contributed by atoms with Crippen molar-refractivity contribution in [2.75, 3.05) is 26.7 Å². The van der Waals surface area contributed by atoms with Gasteiger partial charge in [-0.25, -0.2) is 0 Å². The molecular formula is C12H31NP4S4. The Balaban J connectivity index is 4.94. The molecule has 0 aliphatic rings. The van der Waals surface area contributed by atoms with Gasteiger partial charge >= 0.3 is 0 Å². The van der Waals surface area contributed by atoms with Gasteiger partial charge in [0.15, 0.2) is 0 Å². The van der Waals surface area contributed by atoms with Crippen molar-refractivity contribution in [3.8, 4) is 0 Å².